The van der Waals surface area contributed by atoms with Crippen LogP contribution in [0.3, 0.4) is 0 Å². The lowest BCUT2D eigenvalue weighted by Gasteiger charge is -2.28. The summed E-state index contributed by atoms with van der Waals surface area (Å²) >= 11 is 6.05. The number of carbonyl (C=O) groups excluding carboxylic acids is 1. The van der Waals surface area contributed by atoms with Crippen molar-refractivity contribution in [2.75, 3.05) is 10.7 Å². The first-order chi connectivity index (χ1) is 11.4. The Balaban J connectivity index is 2.05. The van der Waals surface area contributed by atoms with Gasteiger partial charge in [-0.2, -0.15) is 0 Å². The summed E-state index contributed by atoms with van der Waals surface area (Å²) < 4.78 is 23.6. The predicted molar refractivity (Wildman–Crippen MR) is 96.2 cm³/mol. The van der Waals surface area contributed by atoms with Crippen LogP contribution in [0.1, 0.15) is 15.9 Å². The fourth-order valence-corrected chi connectivity index (χ4v) is 4.18. The number of anilines is 1. The molecule has 0 saturated heterocycles. The number of rotatable bonds is 3. The monoisotopic (exact) mass is 361 g/mol. The van der Waals surface area contributed by atoms with E-state index in [4.69, 9.17) is 11.6 Å². The van der Waals surface area contributed by atoms with Crippen molar-refractivity contribution in [3.8, 4) is 0 Å². The van der Waals surface area contributed by atoms with Crippen molar-refractivity contribution in [3.05, 3.63) is 76.2 Å². The molecule has 3 rings (SSSR count). The first-order valence-electron chi connectivity index (χ1n) is 7.42. The first kappa shape index (κ1) is 16.7. The molecule has 0 spiro atoms. The number of halogens is 1. The van der Waals surface area contributed by atoms with Crippen molar-refractivity contribution in [1.29, 1.82) is 0 Å². The molecule has 0 radical (unpaired) electrons. The number of carbonyl (C=O) groups is 1. The van der Waals surface area contributed by atoms with Gasteiger partial charge in [-0.05, 0) is 43.3 Å². The fraction of sp³-hybridized carbons (Fsp3) is 0.167. The maximum absolute atomic E-state index is 13.1. The Morgan fingerprint density at radius 2 is 1.92 bits per heavy atom. The highest BCUT2D eigenvalue weighted by molar-refractivity contribution is 7.94. The Labute approximate surface area is 146 Å². The van der Waals surface area contributed by atoms with Crippen LogP contribution >= 0.6 is 11.6 Å². The average Bonchev–Trinajstić information content (AvgIpc) is 2.87. The molecule has 124 valence electrons. The van der Waals surface area contributed by atoms with Crippen molar-refractivity contribution >= 4 is 33.0 Å². The van der Waals surface area contributed by atoms with Crippen LogP contribution in [0.2, 0.25) is 5.02 Å². The molecule has 0 aromatic heterocycles. The van der Waals surface area contributed by atoms with E-state index in [1.807, 2.05) is 13.0 Å². The van der Waals surface area contributed by atoms with Gasteiger partial charge in [-0.1, -0.05) is 35.4 Å². The molecular weight excluding hydrogens is 346 g/mol. The third-order valence-corrected chi connectivity index (χ3v) is 5.43. The number of aryl methyl sites for hydroxylation is 1. The molecule has 6 heteroatoms. The summed E-state index contributed by atoms with van der Waals surface area (Å²) in [6.45, 7) is 1.90. The van der Waals surface area contributed by atoms with E-state index in [9.17, 15) is 13.2 Å². The Morgan fingerprint density at radius 1 is 1.17 bits per heavy atom. The van der Waals surface area contributed by atoms with Gasteiger partial charge in [-0.25, -0.2) is 8.42 Å². The van der Waals surface area contributed by atoms with Gasteiger partial charge in [0.2, 0.25) is 0 Å². The molecule has 4 nitrogen and oxygen atoms in total. The number of hydrogen-bond donors (Lipinski definition) is 0. The third kappa shape index (κ3) is 3.52. The zero-order valence-electron chi connectivity index (χ0n) is 13.0. The van der Waals surface area contributed by atoms with Crippen LogP contribution in [0, 0.1) is 6.92 Å². The fourth-order valence-electron chi connectivity index (χ4n) is 2.72. The van der Waals surface area contributed by atoms with Gasteiger partial charge < -0.3 is 4.90 Å². The van der Waals surface area contributed by atoms with E-state index in [0.29, 0.717) is 16.3 Å². The molecule has 2 aromatic carbocycles. The minimum Gasteiger partial charge on any atom is -0.300 e. The molecule has 0 fully saturated rings. The molecule has 0 saturated carbocycles. The highest BCUT2D eigenvalue weighted by atomic mass is 35.5. The second kappa shape index (κ2) is 6.42. The van der Waals surface area contributed by atoms with Crippen molar-refractivity contribution in [3.63, 3.8) is 0 Å². The van der Waals surface area contributed by atoms with E-state index in [0.717, 1.165) is 5.56 Å². The molecule has 0 bridgehead atoms. The van der Waals surface area contributed by atoms with Crippen molar-refractivity contribution in [1.82, 2.24) is 0 Å². The molecule has 1 aliphatic heterocycles. The molecule has 1 heterocycles. The summed E-state index contributed by atoms with van der Waals surface area (Å²) in [6, 6.07) is 13.5. The summed E-state index contributed by atoms with van der Waals surface area (Å²) in [4.78, 5) is 14.5. The minimum atomic E-state index is -3.29. The third-order valence-electron chi connectivity index (χ3n) is 3.81. The van der Waals surface area contributed by atoms with Gasteiger partial charge in [0, 0.05) is 21.7 Å². The zero-order valence-corrected chi connectivity index (χ0v) is 14.6. The van der Waals surface area contributed by atoms with Crippen molar-refractivity contribution in [2.45, 2.75) is 13.0 Å². The zero-order chi connectivity index (χ0) is 17.3. The molecule has 1 aliphatic rings. The van der Waals surface area contributed by atoms with E-state index < -0.39 is 15.9 Å². The Morgan fingerprint density at radius 3 is 2.54 bits per heavy atom. The molecule has 24 heavy (non-hydrogen) atoms. The Hall–Kier alpha value is -2.11. The van der Waals surface area contributed by atoms with Gasteiger partial charge in [0.05, 0.1) is 11.8 Å². The van der Waals surface area contributed by atoms with E-state index in [1.54, 1.807) is 48.5 Å². The topological polar surface area (TPSA) is 54.5 Å². The van der Waals surface area contributed by atoms with E-state index in [-0.39, 0.29) is 11.7 Å². The molecular formula is C18H16ClNO3S. The van der Waals surface area contributed by atoms with Crippen LogP contribution in [0.15, 0.2) is 60.0 Å². The highest BCUT2D eigenvalue weighted by Crippen LogP contribution is 2.27. The van der Waals surface area contributed by atoms with Crippen LogP contribution in [-0.4, -0.2) is 26.1 Å². The first-order valence-corrected chi connectivity index (χ1v) is 9.52. The summed E-state index contributed by atoms with van der Waals surface area (Å²) in [6.07, 6.45) is 1.55. The van der Waals surface area contributed by atoms with Crippen LogP contribution < -0.4 is 4.90 Å². The summed E-state index contributed by atoms with van der Waals surface area (Å²) in [5.41, 5.74) is 2.04. The van der Waals surface area contributed by atoms with Crippen LogP contribution in [0.4, 0.5) is 5.69 Å². The summed E-state index contributed by atoms with van der Waals surface area (Å²) in [7, 11) is -3.29. The number of benzene rings is 2. The molecule has 0 N–H and O–H groups in total. The van der Waals surface area contributed by atoms with Crippen molar-refractivity contribution < 1.29 is 13.2 Å². The van der Waals surface area contributed by atoms with Gasteiger partial charge in [0.15, 0.2) is 9.84 Å². The lowest BCUT2D eigenvalue weighted by molar-refractivity contribution is 0.0983. The summed E-state index contributed by atoms with van der Waals surface area (Å²) in [5.74, 6) is -0.385. The smallest absolute Gasteiger partial charge is 0.258 e. The van der Waals surface area contributed by atoms with E-state index in [1.165, 1.54) is 10.3 Å². The van der Waals surface area contributed by atoms with Gasteiger partial charge >= 0.3 is 0 Å². The Bertz CT molecular complexity index is 921. The highest BCUT2D eigenvalue weighted by Gasteiger charge is 2.32. The van der Waals surface area contributed by atoms with Gasteiger partial charge in [0.25, 0.3) is 5.91 Å². The van der Waals surface area contributed by atoms with Crippen LogP contribution in [0.5, 0.6) is 0 Å². The Kier molecular flexibility index (Phi) is 4.47. The molecule has 0 aliphatic carbocycles. The van der Waals surface area contributed by atoms with Crippen LogP contribution in [-0.2, 0) is 9.84 Å². The predicted octanol–water partition coefficient (Wildman–Crippen LogP) is 3.61. The molecule has 1 amide bonds. The minimum absolute atomic E-state index is 0.128. The van der Waals surface area contributed by atoms with Crippen LogP contribution in [0.25, 0.3) is 0 Å². The van der Waals surface area contributed by atoms with Gasteiger partial charge in [-0.3, -0.25) is 4.79 Å². The largest absolute Gasteiger partial charge is 0.300 e. The van der Waals surface area contributed by atoms with Crippen molar-refractivity contribution in [2.24, 2.45) is 0 Å². The van der Waals surface area contributed by atoms with E-state index in [2.05, 4.69) is 0 Å². The van der Waals surface area contributed by atoms with Gasteiger partial charge in [0.1, 0.15) is 0 Å². The second-order valence-corrected chi connectivity index (χ2v) is 8.12. The number of hydrogen-bond acceptors (Lipinski definition) is 3. The lowest BCUT2D eigenvalue weighted by Crippen LogP contribution is -2.41. The second-order valence-electron chi connectivity index (χ2n) is 5.75. The lowest BCUT2D eigenvalue weighted by atomic mass is 10.1. The standard InChI is InChI=1S/C18H16ClNO3S/c1-13-4-2-5-14(10-13)18(21)20(16-7-3-6-15(19)11-16)17-8-9-24(22,23)12-17/h2-11,17H,12H2,1H3/t17-/m0/s1. The maximum Gasteiger partial charge on any atom is 0.258 e. The average molecular weight is 362 g/mol. The molecule has 1 atom stereocenters. The molecule has 2 aromatic rings. The normalized spacial score (nSPS) is 18.5. The van der Waals surface area contributed by atoms with Gasteiger partial charge in [-0.15, -0.1) is 0 Å². The number of amides is 1. The quantitative estimate of drug-likeness (QED) is 0.839. The number of sulfone groups is 1. The SMILES string of the molecule is Cc1cccc(C(=O)N(c2cccc(Cl)c2)[C@H]2C=CS(=O)(=O)C2)c1. The number of nitrogens with zero attached hydrogens (tertiary/aromatic N) is 1. The maximum atomic E-state index is 13.1. The summed E-state index contributed by atoms with van der Waals surface area (Å²) in [5, 5.41) is 1.65. The molecule has 0 unspecified atom stereocenters. The van der Waals surface area contributed by atoms with E-state index >= 15 is 0 Å².